The third kappa shape index (κ3) is 3.79. The largest absolute Gasteiger partial charge is 0.453 e. The third-order valence-electron chi connectivity index (χ3n) is 8.87. The van der Waals surface area contributed by atoms with E-state index in [-0.39, 0.29) is 5.41 Å². The van der Waals surface area contributed by atoms with Gasteiger partial charge < -0.3 is 9.64 Å². The van der Waals surface area contributed by atoms with E-state index in [4.69, 9.17) is 4.74 Å². The summed E-state index contributed by atoms with van der Waals surface area (Å²) in [5.41, 5.74) is 14.5. The number of hydrogen-bond acceptors (Lipinski definition) is 2. The average Bonchev–Trinajstić information content (AvgIpc) is 3.03. The molecule has 0 aromatic heterocycles. The first-order valence-corrected chi connectivity index (χ1v) is 14.6. The molecule has 0 N–H and O–H groups in total. The van der Waals surface area contributed by atoms with E-state index in [1.54, 1.807) is 0 Å². The van der Waals surface area contributed by atoms with Gasteiger partial charge >= 0.3 is 0 Å². The molecule has 42 heavy (non-hydrogen) atoms. The van der Waals surface area contributed by atoms with E-state index < -0.39 is 0 Å². The van der Waals surface area contributed by atoms with Crippen molar-refractivity contribution in [3.8, 4) is 44.9 Å². The number of para-hydroxylation sites is 3. The molecule has 0 fully saturated rings. The number of rotatable bonds is 3. The van der Waals surface area contributed by atoms with E-state index in [0.29, 0.717) is 0 Å². The fourth-order valence-electron chi connectivity index (χ4n) is 6.73. The van der Waals surface area contributed by atoms with E-state index in [0.717, 1.165) is 22.9 Å². The number of nitrogens with zero attached hydrogens (tertiary/aromatic N) is 1. The van der Waals surface area contributed by atoms with Gasteiger partial charge in [-0.15, -0.1) is 0 Å². The molecule has 2 aliphatic heterocycles. The van der Waals surface area contributed by atoms with Crippen molar-refractivity contribution < 1.29 is 4.74 Å². The van der Waals surface area contributed by atoms with E-state index >= 15 is 0 Å². The minimum atomic E-state index is -0.163. The molecule has 8 rings (SSSR count). The van der Waals surface area contributed by atoms with Gasteiger partial charge in [-0.05, 0) is 87.3 Å². The number of fused-ring (bicyclic) bond motifs is 4. The highest BCUT2D eigenvalue weighted by molar-refractivity contribution is 5.94. The molecular weight excluding hydrogens is 510 g/mol. The lowest BCUT2D eigenvalue weighted by molar-refractivity contribution is 0.471. The van der Waals surface area contributed by atoms with E-state index in [9.17, 15) is 0 Å². The number of benzene rings is 6. The molecule has 0 atom stereocenters. The maximum Gasteiger partial charge on any atom is 0.151 e. The first kappa shape index (κ1) is 24.7. The van der Waals surface area contributed by atoms with Gasteiger partial charge in [-0.25, -0.2) is 0 Å². The summed E-state index contributed by atoms with van der Waals surface area (Å²) in [6.07, 6.45) is 0. The van der Waals surface area contributed by atoms with Gasteiger partial charge in [0.15, 0.2) is 11.5 Å². The fourth-order valence-corrected chi connectivity index (χ4v) is 6.73. The summed E-state index contributed by atoms with van der Waals surface area (Å²) in [4.78, 5) is 2.41. The molecule has 6 aromatic rings. The normalized spacial score (nSPS) is 13.9. The van der Waals surface area contributed by atoms with E-state index in [1.807, 2.05) is 6.07 Å². The summed E-state index contributed by atoms with van der Waals surface area (Å²) in [6.45, 7) is 6.83. The maximum absolute atomic E-state index is 6.42. The lowest BCUT2D eigenvalue weighted by Gasteiger charge is -2.45. The zero-order valence-electron chi connectivity index (χ0n) is 24.1. The Morgan fingerprint density at radius 1 is 0.476 bits per heavy atom. The smallest absolute Gasteiger partial charge is 0.151 e. The van der Waals surface area contributed by atoms with Crippen LogP contribution in [0.5, 0.6) is 11.5 Å². The molecule has 0 bridgehead atoms. The van der Waals surface area contributed by atoms with Crippen LogP contribution in [-0.4, -0.2) is 0 Å². The second kappa shape index (κ2) is 9.22. The second-order valence-corrected chi connectivity index (χ2v) is 11.9. The van der Waals surface area contributed by atoms with Crippen molar-refractivity contribution in [2.75, 3.05) is 4.90 Å². The molecule has 6 aromatic carbocycles. The fraction of sp³-hybridized carbons (Fsp3) is 0.100. The predicted octanol–water partition coefficient (Wildman–Crippen LogP) is 11.2. The maximum atomic E-state index is 6.42. The summed E-state index contributed by atoms with van der Waals surface area (Å²) >= 11 is 0. The van der Waals surface area contributed by atoms with Crippen molar-refractivity contribution in [1.29, 1.82) is 0 Å². The van der Waals surface area contributed by atoms with Gasteiger partial charge in [0.05, 0.1) is 17.1 Å². The molecule has 0 radical (unpaired) electrons. The van der Waals surface area contributed by atoms with Gasteiger partial charge in [0.25, 0.3) is 0 Å². The topological polar surface area (TPSA) is 12.5 Å². The second-order valence-electron chi connectivity index (χ2n) is 11.9. The Morgan fingerprint density at radius 2 is 1.10 bits per heavy atom. The lowest BCUT2D eigenvalue weighted by atomic mass is 9.72. The Hall–Kier alpha value is -5.08. The monoisotopic (exact) mass is 541 g/mol. The Bertz CT molecular complexity index is 1990. The minimum absolute atomic E-state index is 0.163. The Labute approximate surface area is 247 Å². The highest BCUT2D eigenvalue weighted by atomic mass is 16.5. The van der Waals surface area contributed by atoms with Crippen molar-refractivity contribution in [2.24, 2.45) is 0 Å². The van der Waals surface area contributed by atoms with Crippen LogP contribution in [0.3, 0.4) is 0 Å². The summed E-state index contributed by atoms with van der Waals surface area (Å²) in [5.74, 6) is 1.79. The molecule has 0 amide bonds. The predicted molar refractivity (Wildman–Crippen MR) is 174 cm³/mol. The summed E-state index contributed by atoms with van der Waals surface area (Å²) in [7, 11) is 0. The molecule has 0 spiro atoms. The molecule has 2 heterocycles. The van der Waals surface area contributed by atoms with Crippen molar-refractivity contribution in [3.63, 3.8) is 0 Å². The zero-order chi connectivity index (χ0) is 28.4. The van der Waals surface area contributed by atoms with Crippen molar-refractivity contribution >= 4 is 17.1 Å². The van der Waals surface area contributed by atoms with Crippen LogP contribution in [0.1, 0.15) is 30.5 Å². The number of ether oxygens (including phenoxy) is 1. The molecule has 2 aliphatic rings. The molecule has 202 valence electrons. The number of hydrogen-bond donors (Lipinski definition) is 0. The van der Waals surface area contributed by atoms with Crippen LogP contribution >= 0.6 is 0 Å². The van der Waals surface area contributed by atoms with Crippen molar-refractivity contribution in [2.45, 2.75) is 26.2 Å². The van der Waals surface area contributed by atoms with Gasteiger partial charge in [0, 0.05) is 5.41 Å². The first-order chi connectivity index (χ1) is 20.5. The first-order valence-electron chi connectivity index (χ1n) is 14.6. The van der Waals surface area contributed by atoms with Gasteiger partial charge in [-0.2, -0.15) is 0 Å². The SMILES string of the molecule is Cc1cc(-c2ccc(-c3ccccc3)cc2)cc(-c2ccc3c(c2)N2c4ccccc4Oc4cccc(c42)C3(C)C)c1. The molecule has 2 heteroatoms. The standard InChI is InChI=1S/C40H31NO/c1-26-22-31(29-18-16-28(17-19-29)27-10-5-4-6-11-27)24-32(23-26)30-20-21-33-36(25-30)41-35-13-7-8-14-37(35)42-38-15-9-12-34(39(38)41)40(33,2)3/h4-25H,1-3H3. The van der Waals surface area contributed by atoms with Crippen LogP contribution in [0.25, 0.3) is 33.4 Å². The van der Waals surface area contributed by atoms with Crippen LogP contribution in [0, 0.1) is 6.92 Å². The molecule has 0 saturated carbocycles. The molecule has 0 saturated heterocycles. The van der Waals surface area contributed by atoms with Crippen molar-refractivity contribution in [1.82, 2.24) is 0 Å². The van der Waals surface area contributed by atoms with E-state index in [2.05, 4.69) is 153 Å². The van der Waals surface area contributed by atoms with Gasteiger partial charge in [0.1, 0.15) is 0 Å². The molecule has 0 unspecified atom stereocenters. The highest BCUT2D eigenvalue weighted by Crippen LogP contribution is 2.60. The summed E-state index contributed by atoms with van der Waals surface area (Å²) in [6, 6.07) is 48.2. The summed E-state index contributed by atoms with van der Waals surface area (Å²) in [5, 5.41) is 0. The van der Waals surface area contributed by atoms with Crippen LogP contribution < -0.4 is 9.64 Å². The summed E-state index contributed by atoms with van der Waals surface area (Å²) < 4.78 is 6.42. The Morgan fingerprint density at radius 3 is 1.88 bits per heavy atom. The van der Waals surface area contributed by atoms with Gasteiger partial charge in [-0.1, -0.05) is 117 Å². The molecular formula is C40H31NO. The van der Waals surface area contributed by atoms with Crippen LogP contribution in [0.15, 0.2) is 133 Å². The quantitative estimate of drug-likeness (QED) is 0.221. The third-order valence-corrected chi connectivity index (χ3v) is 8.87. The highest BCUT2D eigenvalue weighted by Gasteiger charge is 2.41. The Balaban J connectivity index is 1.25. The number of anilines is 3. The lowest BCUT2D eigenvalue weighted by Crippen LogP contribution is -2.32. The van der Waals surface area contributed by atoms with Crippen molar-refractivity contribution in [3.05, 3.63) is 150 Å². The van der Waals surface area contributed by atoms with Gasteiger partial charge in [0.2, 0.25) is 0 Å². The average molecular weight is 542 g/mol. The van der Waals surface area contributed by atoms with Crippen LogP contribution in [-0.2, 0) is 5.41 Å². The molecule has 2 nitrogen and oxygen atoms in total. The van der Waals surface area contributed by atoms with E-state index in [1.165, 1.54) is 55.8 Å². The van der Waals surface area contributed by atoms with Crippen LogP contribution in [0.4, 0.5) is 17.1 Å². The minimum Gasteiger partial charge on any atom is -0.453 e. The van der Waals surface area contributed by atoms with Crippen LogP contribution in [0.2, 0.25) is 0 Å². The number of aryl methyl sites for hydroxylation is 1. The Kier molecular flexibility index (Phi) is 5.42. The molecule has 0 aliphatic carbocycles. The van der Waals surface area contributed by atoms with Gasteiger partial charge in [-0.3, -0.25) is 0 Å². The zero-order valence-corrected chi connectivity index (χ0v) is 24.1.